The van der Waals surface area contributed by atoms with E-state index >= 15 is 0 Å². The molecule has 1 aromatic carbocycles. The highest BCUT2D eigenvalue weighted by atomic mass is 35.5. The van der Waals surface area contributed by atoms with Gasteiger partial charge in [-0.25, -0.2) is 13.8 Å². The third-order valence-electron chi connectivity index (χ3n) is 6.29. The van der Waals surface area contributed by atoms with Gasteiger partial charge in [0.15, 0.2) is 17.3 Å². The molecule has 9 nitrogen and oxygen atoms in total. The van der Waals surface area contributed by atoms with Crippen LogP contribution in [-0.4, -0.2) is 75.0 Å². The summed E-state index contributed by atoms with van der Waals surface area (Å²) in [6.07, 6.45) is -10.2. The van der Waals surface area contributed by atoms with Crippen LogP contribution in [0, 0.1) is 0 Å². The Labute approximate surface area is 240 Å². The number of carbonyl (C=O) groups excluding carboxylic acids is 2. The highest BCUT2D eigenvalue weighted by Crippen LogP contribution is 2.56. The molecule has 0 bridgehead atoms. The second-order valence-corrected chi connectivity index (χ2v) is 9.67. The molecule has 4 rings (SSSR count). The molecule has 1 aliphatic rings. The summed E-state index contributed by atoms with van der Waals surface area (Å²) in [6.45, 7) is -4.37. The first kappa shape index (κ1) is 32.1. The average molecular weight is 648 g/mol. The normalized spacial score (nSPS) is 14.3. The predicted molar refractivity (Wildman–Crippen MR) is 128 cm³/mol. The molecule has 0 saturated heterocycles. The van der Waals surface area contributed by atoms with Crippen molar-refractivity contribution in [2.45, 2.75) is 43.5 Å². The molecule has 1 fully saturated rings. The molecule has 2 aromatic heterocycles. The number of hydrogen-bond acceptors (Lipinski definition) is 6. The van der Waals surface area contributed by atoms with Crippen molar-refractivity contribution in [2.24, 2.45) is 7.05 Å². The van der Waals surface area contributed by atoms with E-state index in [0.29, 0.717) is 17.5 Å². The monoisotopic (exact) mass is 647 g/mol. The molecule has 0 spiro atoms. The SMILES string of the molecule is COCC(=O)N(C(=O)c1cc(-c2cnn(-c3c(OC(F)F)c(C(F)(C(F)(F)F)C(F)(F)F)nn3C)c2)ccc1Cl)C1CC1. The number of aromatic nitrogens is 4. The van der Waals surface area contributed by atoms with Crippen molar-refractivity contribution in [1.82, 2.24) is 24.5 Å². The van der Waals surface area contributed by atoms with Gasteiger partial charge in [0.1, 0.15) is 6.61 Å². The summed E-state index contributed by atoms with van der Waals surface area (Å²) in [6, 6.07) is 3.52. The van der Waals surface area contributed by atoms with E-state index < -0.39 is 53.7 Å². The van der Waals surface area contributed by atoms with Gasteiger partial charge in [-0.15, -0.1) is 0 Å². The number of rotatable bonds is 9. The second-order valence-electron chi connectivity index (χ2n) is 9.26. The van der Waals surface area contributed by atoms with E-state index in [0.717, 1.165) is 24.3 Å². The van der Waals surface area contributed by atoms with Crippen LogP contribution in [0.5, 0.6) is 5.75 Å². The van der Waals surface area contributed by atoms with Crippen LogP contribution in [0.1, 0.15) is 28.9 Å². The standard InChI is InChI=1S/C24H19ClF9N5O4/c1-37-19(17(43-21(26)27)18(36-37)22(28,23(29,30)31)24(32,33)34)38-9-12(8-35-38)11-3-6-15(25)14(7-11)20(41)39(13-4-5-13)16(40)10-42-2/h3,6-9,13,21H,4-5,10H2,1-2H3. The summed E-state index contributed by atoms with van der Waals surface area (Å²) < 4.78 is 131. The van der Waals surface area contributed by atoms with Crippen molar-refractivity contribution >= 4 is 23.4 Å². The van der Waals surface area contributed by atoms with Gasteiger partial charge in [0.25, 0.3) is 11.8 Å². The van der Waals surface area contributed by atoms with E-state index in [-0.39, 0.29) is 39.0 Å². The van der Waals surface area contributed by atoms with Gasteiger partial charge in [0, 0.05) is 32.0 Å². The van der Waals surface area contributed by atoms with Gasteiger partial charge in [-0.3, -0.25) is 14.5 Å². The van der Waals surface area contributed by atoms with E-state index in [1.54, 1.807) is 0 Å². The fourth-order valence-electron chi connectivity index (χ4n) is 4.19. The molecule has 0 N–H and O–H groups in total. The van der Waals surface area contributed by atoms with E-state index in [1.807, 2.05) is 0 Å². The van der Waals surface area contributed by atoms with Gasteiger partial charge in [-0.05, 0) is 30.5 Å². The Morgan fingerprint density at radius 2 is 1.72 bits per heavy atom. The Balaban J connectivity index is 1.80. The summed E-state index contributed by atoms with van der Waals surface area (Å²) in [5, 5.41) is 6.65. The summed E-state index contributed by atoms with van der Waals surface area (Å²) in [5.74, 6) is -4.25. The second kappa shape index (κ2) is 11.4. The number of alkyl halides is 9. The molecule has 0 radical (unpaired) electrons. The number of ether oxygens (including phenoxy) is 2. The molecule has 1 saturated carbocycles. The number of halogens is 10. The van der Waals surface area contributed by atoms with Crippen LogP contribution in [0.4, 0.5) is 39.5 Å². The number of hydrogen-bond donors (Lipinski definition) is 0. The number of benzene rings is 1. The van der Waals surface area contributed by atoms with Crippen LogP contribution in [-0.2, 0) is 22.2 Å². The molecular weight excluding hydrogens is 629 g/mol. The summed E-state index contributed by atoms with van der Waals surface area (Å²) >= 11 is 6.21. The summed E-state index contributed by atoms with van der Waals surface area (Å²) in [4.78, 5) is 26.7. The largest absolute Gasteiger partial charge is 0.437 e. The minimum Gasteiger partial charge on any atom is -0.429 e. The lowest BCUT2D eigenvalue weighted by Crippen LogP contribution is -2.51. The highest BCUT2D eigenvalue weighted by Gasteiger charge is 2.76. The maximum Gasteiger partial charge on any atom is 0.437 e. The Morgan fingerprint density at radius 1 is 1.09 bits per heavy atom. The maximum atomic E-state index is 14.9. The minimum atomic E-state index is -6.67. The van der Waals surface area contributed by atoms with Crippen molar-refractivity contribution < 1.29 is 58.6 Å². The lowest BCUT2D eigenvalue weighted by molar-refractivity contribution is -0.350. The van der Waals surface area contributed by atoms with Crippen LogP contribution in [0.3, 0.4) is 0 Å². The Hall–Kier alpha value is -3.80. The minimum absolute atomic E-state index is 0.0517. The van der Waals surface area contributed by atoms with Crippen molar-refractivity contribution in [3.8, 4) is 22.7 Å². The predicted octanol–water partition coefficient (Wildman–Crippen LogP) is 5.59. The molecule has 0 unspecified atom stereocenters. The fraction of sp³-hybridized carbons (Fsp3) is 0.417. The van der Waals surface area contributed by atoms with Gasteiger partial charge >= 0.3 is 24.6 Å². The third-order valence-corrected chi connectivity index (χ3v) is 6.62. The van der Waals surface area contributed by atoms with Crippen LogP contribution in [0.2, 0.25) is 5.02 Å². The first-order valence-electron chi connectivity index (χ1n) is 12.0. The van der Waals surface area contributed by atoms with Crippen LogP contribution < -0.4 is 4.74 Å². The van der Waals surface area contributed by atoms with Gasteiger partial charge in [0.2, 0.25) is 0 Å². The summed E-state index contributed by atoms with van der Waals surface area (Å²) in [5.41, 5.74) is -8.61. The van der Waals surface area contributed by atoms with Crippen LogP contribution >= 0.6 is 11.6 Å². The van der Waals surface area contributed by atoms with Crippen molar-refractivity contribution in [2.75, 3.05) is 13.7 Å². The van der Waals surface area contributed by atoms with E-state index in [4.69, 9.17) is 16.3 Å². The molecule has 1 aliphatic carbocycles. The molecule has 19 heteroatoms. The average Bonchev–Trinajstić information content (AvgIpc) is 3.50. The maximum absolute atomic E-state index is 14.9. The summed E-state index contributed by atoms with van der Waals surface area (Å²) in [7, 11) is 2.02. The molecule has 234 valence electrons. The zero-order valence-electron chi connectivity index (χ0n) is 21.8. The van der Waals surface area contributed by atoms with Crippen molar-refractivity contribution in [1.29, 1.82) is 0 Å². The van der Waals surface area contributed by atoms with Gasteiger partial charge in [-0.1, -0.05) is 17.7 Å². The van der Waals surface area contributed by atoms with Crippen molar-refractivity contribution in [3.63, 3.8) is 0 Å². The quantitative estimate of drug-likeness (QED) is 0.281. The number of imide groups is 1. The van der Waals surface area contributed by atoms with Gasteiger partial charge < -0.3 is 9.47 Å². The number of nitrogens with zero attached hydrogens (tertiary/aromatic N) is 5. The topological polar surface area (TPSA) is 91.5 Å². The zero-order valence-corrected chi connectivity index (χ0v) is 22.6. The lowest BCUT2D eigenvalue weighted by Gasteiger charge is -2.28. The molecule has 0 atom stereocenters. The van der Waals surface area contributed by atoms with Gasteiger partial charge in [-0.2, -0.15) is 45.3 Å². The first-order valence-corrected chi connectivity index (χ1v) is 12.3. The third kappa shape index (κ3) is 5.89. The van der Waals surface area contributed by atoms with Crippen LogP contribution in [0.15, 0.2) is 30.6 Å². The molecule has 0 aliphatic heterocycles. The van der Waals surface area contributed by atoms with Gasteiger partial charge in [0.05, 0.1) is 16.8 Å². The van der Waals surface area contributed by atoms with E-state index in [2.05, 4.69) is 14.9 Å². The van der Waals surface area contributed by atoms with E-state index in [9.17, 15) is 49.1 Å². The Kier molecular flexibility index (Phi) is 8.49. The number of methoxy groups -OCH3 is 1. The number of aryl methyl sites for hydroxylation is 1. The molecule has 3 aromatic rings. The molecule has 2 amide bonds. The van der Waals surface area contributed by atoms with Crippen molar-refractivity contribution in [3.05, 3.63) is 46.9 Å². The first-order chi connectivity index (χ1) is 19.9. The highest BCUT2D eigenvalue weighted by molar-refractivity contribution is 6.34. The number of carbonyl (C=O) groups is 2. The lowest BCUT2D eigenvalue weighted by atomic mass is 9.99. The van der Waals surface area contributed by atoms with E-state index in [1.165, 1.54) is 25.3 Å². The molecule has 43 heavy (non-hydrogen) atoms. The smallest absolute Gasteiger partial charge is 0.429 e. The fourth-order valence-corrected chi connectivity index (χ4v) is 4.39. The number of amides is 2. The Morgan fingerprint density at radius 3 is 2.26 bits per heavy atom. The zero-order chi connectivity index (χ0) is 32.1. The van der Waals surface area contributed by atoms with Crippen LogP contribution in [0.25, 0.3) is 16.9 Å². The Bertz CT molecular complexity index is 1520. The molecule has 2 heterocycles. The molecular formula is C24H19ClF9N5O4.